The van der Waals surface area contributed by atoms with Crippen molar-refractivity contribution in [3.63, 3.8) is 0 Å². The summed E-state index contributed by atoms with van der Waals surface area (Å²) in [4.78, 5) is 4.52. The lowest BCUT2D eigenvalue weighted by atomic mass is 9.92. The lowest BCUT2D eigenvalue weighted by Gasteiger charge is -2.30. The minimum absolute atomic E-state index is 0.0238. The largest absolute Gasteiger partial charge is 0.477 e. The Morgan fingerprint density at radius 2 is 1.66 bits per heavy atom. The maximum absolute atomic E-state index is 13.2. The summed E-state index contributed by atoms with van der Waals surface area (Å²) >= 11 is 0. The molecule has 1 heterocycles. The summed E-state index contributed by atoms with van der Waals surface area (Å²) in [7, 11) is -3.76. The van der Waals surface area contributed by atoms with Crippen LogP contribution >= 0.6 is 7.82 Å². The van der Waals surface area contributed by atoms with Crippen LogP contribution in [-0.4, -0.2) is 20.8 Å². The van der Waals surface area contributed by atoms with Crippen LogP contribution in [0, 0.1) is 13.8 Å². The molecule has 0 aliphatic heterocycles. The van der Waals surface area contributed by atoms with Crippen molar-refractivity contribution in [3.8, 4) is 0 Å². The fraction of sp³-hybridized carbons (Fsp3) is 0.591. The van der Waals surface area contributed by atoms with Crippen LogP contribution in [0.3, 0.4) is 0 Å². The van der Waals surface area contributed by atoms with Crippen molar-refractivity contribution in [2.45, 2.75) is 86.2 Å². The van der Waals surface area contributed by atoms with E-state index in [1.807, 2.05) is 47.7 Å². The van der Waals surface area contributed by atoms with Crippen LogP contribution in [0.25, 0.3) is 0 Å². The summed E-state index contributed by atoms with van der Waals surface area (Å²) in [6, 6.07) is 6.31. The third-order valence-corrected chi connectivity index (χ3v) is 6.32. The number of nitrogens with zero attached hydrogens (tertiary/aromatic N) is 2. The smallest absolute Gasteiger partial charge is 0.313 e. The third-order valence-electron chi connectivity index (χ3n) is 4.35. The van der Waals surface area contributed by atoms with Gasteiger partial charge in [0.2, 0.25) is 0 Å². The molecular formula is C22H35N2O4P. The van der Waals surface area contributed by atoms with E-state index in [4.69, 9.17) is 13.6 Å². The van der Waals surface area contributed by atoms with Crippen molar-refractivity contribution in [2.75, 3.05) is 0 Å². The van der Waals surface area contributed by atoms with Gasteiger partial charge in [-0.3, -0.25) is 13.6 Å². The molecular weight excluding hydrogens is 387 g/mol. The number of hydrogen-bond donors (Lipinski definition) is 0. The van der Waals surface area contributed by atoms with Crippen LogP contribution in [0.2, 0.25) is 0 Å². The predicted octanol–water partition coefficient (Wildman–Crippen LogP) is 6.36. The molecule has 2 aromatic rings. The molecule has 0 aliphatic rings. The van der Waals surface area contributed by atoms with Gasteiger partial charge in [-0.25, -0.2) is 9.55 Å². The molecule has 6 nitrogen and oxygen atoms in total. The molecule has 7 heteroatoms. The van der Waals surface area contributed by atoms with Gasteiger partial charge in [-0.05, 0) is 72.1 Å². The summed E-state index contributed by atoms with van der Waals surface area (Å²) in [5, 5.41) is 0. The van der Waals surface area contributed by atoms with Crippen molar-refractivity contribution in [1.82, 2.24) is 9.55 Å². The van der Waals surface area contributed by atoms with Crippen molar-refractivity contribution in [3.05, 3.63) is 53.1 Å². The van der Waals surface area contributed by atoms with Crippen LogP contribution in [-0.2, 0) is 24.9 Å². The molecule has 0 amide bonds. The quantitative estimate of drug-likeness (QED) is 0.486. The van der Waals surface area contributed by atoms with Gasteiger partial charge in [0.05, 0.1) is 23.2 Å². The molecule has 162 valence electrons. The van der Waals surface area contributed by atoms with Crippen LogP contribution in [0.4, 0.5) is 0 Å². The normalized spacial score (nSPS) is 14.2. The maximum Gasteiger partial charge on any atom is 0.477 e. The Hall–Kier alpha value is -1.46. The van der Waals surface area contributed by atoms with E-state index in [0.717, 1.165) is 5.69 Å². The Labute approximate surface area is 175 Å². The molecule has 0 spiro atoms. The second kappa shape index (κ2) is 8.73. The zero-order chi connectivity index (χ0) is 22.0. The van der Waals surface area contributed by atoms with Gasteiger partial charge in [0.15, 0.2) is 0 Å². The predicted molar refractivity (Wildman–Crippen MR) is 116 cm³/mol. The zero-order valence-electron chi connectivity index (χ0n) is 19.1. The number of rotatable bonds is 7. The number of benzene rings is 1. The summed E-state index contributed by atoms with van der Waals surface area (Å²) < 4.78 is 31.9. The second-order valence-electron chi connectivity index (χ2n) is 9.44. The Morgan fingerprint density at radius 3 is 2.21 bits per heavy atom. The molecule has 0 unspecified atom stereocenters. The van der Waals surface area contributed by atoms with E-state index < -0.39 is 19.0 Å². The molecule has 0 N–H and O–H groups in total. The Bertz CT molecular complexity index is 858. The monoisotopic (exact) mass is 422 g/mol. The fourth-order valence-electron chi connectivity index (χ4n) is 2.95. The highest BCUT2D eigenvalue weighted by Crippen LogP contribution is 2.55. The molecule has 29 heavy (non-hydrogen) atoms. The number of phosphoric acid groups is 1. The van der Waals surface area contributed by atoms with E-state index in [9.17, 15) is 4.57 Å². The first-order valence-corrected chi connectivity index (χ1v) is 11.4. The highest BCUT2D eigenvalue weighted by atomic mass is 31.2. The first-order chi connectivity index (χ1) is 13.2. The van der Waals surface area contributed by atoms with Gasteiger partial charge >= 0.3 is 7.82 Å². The van der Waals surface area contributed by atoms with Gasteiger partial charge in [0, 0.05) is 12.1 Å². The van der Waals surface area contributed by atoms with Crippen molar-refractivity contribution >= 4 is 7.82 Å². The number of aromatic nitrogens is 2. The average molecular weight is 423 g/mol. The highest BCUT2D eigenvalue weighted by molar-refractivity contribution is 7.48. The van der Waals surface area contributed by atoms with Crippen molar-refractivity contribution in [2.24, 2.45) is 0 Å². The first-order valence-electron chi connectivity index (χ1n) is 9.93. The van der Waals surface area contributed by atoms with Crippen LogP contribution in [0.15, 0.2) is 30.7 Å². The van der Waals surface area contributed by atoms with Crippen LogP contribution in [0.1, 0.15) is 76.8 Å². The summed E-state index contributed by atoms with van der Waals surface area (Å²) in [6.45, 7) is 17.3. The molecule has 0 saturated heterocycles. The standard InChI is InChI=1S/C22H35N2O4P/c1-16-11-10-12-19(17(16)2)18(3)20-13-24(14-23-20)15-26-29(25,27-21(4,5)6)28-22(7,8)9/h10-14,18H,15H2,1-9H3/t18-/m0/s1. The molecule has 1 atom stereocenters. The number of aryl methyl sites for hydroxylation is 1. The van der Waals surface area contributed by atoms with Gasteiger partial charge in [0.1, 0.15) is 6.73 Å². The Kier molecular flexibility index (Phi) is 7.17. The first kappa shape index (κ1) is 23.8. The SMILES string of the molecule is Cc1cccc([C@H](C)c2cn(COP(=O)(OC(C)(C)C)OC(C)(C)C)cn2)c1C. The molecule has 0 bridgehead atoms. The molecule has 0 radical (unpaired) electrons. The molecule has 0 aliphatic carbocycles. The van der Waals surface area contributed by atoms with Crippen molar-refractivity contribution in [1.29, 1.82) is 0 Å². The molecule has 1 aromatic carbocycles. The van der Waals surface area contributed by atoms with E-state index in [1.165, 1.54) is 16.7 Å². The molecule has 0 fully saturated rings. The van der Waals surface area contributed by atoms with Crippen molar-refractivity contribution < 1.29 is 18.1 Å². The highest BCUT2D eigenvalue weighted by Gasteiger charge is 2.37. The lowest BCUT2D eigenvalue weighted by molar-refractivity contribution is -0.00614. The van der Waals surface area contributed by atoms with E-state index in [-0.39, 0.29) is 12.6 Å². The lowest BCUT2D eigenvalue weighted by Crippen LogP contribution is -2.25. The number of hydrogen-bond acceptors (Lipinski definition) is 5. The number of imidazole rings is 1. The van der Waals surface area contributed by atoms with Crippen LogP contribution < -0.4 is 0 Å². The number of phosphoric ester groups is 1. The average Bonchev–Trinajstić information content (AvgIpc) is 3.00. The second-order valence-corrected chi connectivity index (χ2v) is 11.0. The van der Waals surface area contributed by atoms with Gasteiger partial charge in [0.25, 0.3) is 0 Å². The van der Waals surface area contributed by atoms with Gasteiger partial charge < -0.3 is 4.57 Å². The van der Waals surface area contributed by atoms with Gasteiger partial charge in [-0.15, -0.1) is 0 Å². The van der Waals surface area contributed by atoms with Gasteiger partial charge in [-0.1, -0.05) is 25.1 Å². The van der Waals surface area contributed by atoms with E-state index in [2.05, 4.69) is 44.0 Å². The van der Waals surface area contributed by atoms with Gasteiger partial charge in [-0.2, -0.15) is 0 Å². The Morgan fingerprint density at radius 1 is 1.07 bits per heavy atom. The van der Waals surface area contributed by atoms with Crippen LogP contribution in [0.5, 0.6) is 0 Å². The topological polar surface area (TPSA) is 62.6 Å². The van der Waals surface area contributed by atoms with E-state index >= 15 is 0 Å². The molecule has 0 saturated carbocycles. The molecule has 1 aromatic heterocycles. The summed E-state index contributed by atoms with van der Waals surface area (Å²) in [5.74, 6) is 0.139. The summed E-state index contributed by atoms with van der Waals surface area (Å²) in [5.41, 5.74) is 3.36. The summed E-state index contributed by atoms with van der Waals surface area (Å²) in [6.07, 6.45) is 3.58. The molecule has 2 rings (SSSR count). The minimum Gasteiger partial charge on any atom is -0.313 e. The third kappa shape index (κ3) is 7.07. The Balaban J connectivity index is 2.15. The zero-order valence-corrected chi connectivity index (χ0v) is 20.0. The van der Waals surface area contributed by atoms with E-state index in [1.54, 1.807) is 10.9 Å². The minimum atomic E-state index is -3.76. The fourth-order valence-corrected chi connectivity index (χ4v) is 4.71. The maximum atomic E-state index is 13.2. The van der Waals surface area contributed by atoms with E-state index in [0.29, 0.717) is 0 Å².